The van der Waals surface area contributed by atoms with Gasteiger partial charge in [0.25, 0.3) is 0 Å². The fourth-order valence-electron chi connectivity index (χ4n) is 1.52. The number of ether oxygens (including phenoxy) is 2. The largest absolute Gasteiger partial charge is 0.389 e. The van der Waals surface area contributed by atoms with Crippen LogP contribution in [0.4, 0.5) is 0 Å². The lowest BCUT2D eigenvalue weighted by Crippen LogP contribution is -2.31. The van der Waals surface area contributed by atoms with Gasteiger partial charge in [0.1, 0.15) is 0 Å². The highest BCUT2D eigenvalue weighted by Crippen LogP contribution is 2.11. The van der Waals surface area contributed by atoms with E-state index >= 15 is 0 Å². The number of aliphatic hydroxyl groups is 1. The molecule has 0 amide bonds. The quantitative estimate of drug-likeness (QED) is 0.452. The Morgan fingerprint density at radius 3 is 3.20 bits per heavy atom. The fourth-order valence-corrected chi connectivity index (χ4v) is 1.52. The van der Waals surface area contributed by atoms with Crippen LogP contribution in [-0.2, 0) is 9.47 Å². The first-order chi connectivity index (χ1) is 7.33. The third kappa shape index (κ3) is 5.89. The van der Waals surface area contributed by atoms with Gasteiger partial charge in [-0.15, -0.1) is 6.58 Å². The van der Waals surface area contributed by atoms with E-state index in [4.69, 9.17) is 9.47 Å². The molecule has 1 rings (SSSR count). The molecular weight excluding hydrogens is 194 g/mol. The molecular formula is C11H21NO3. The molecule has 1 fully saturated rings. The zero-order valence-electron chi connectivity index (χ0n) is 9.15. The SMILES string of the molecule is C=CCNCC(O)COCC1CCCO1. The summed E-state index contributed by atoms with van der Waals surface area (Å²) in [5, 5.41) is 12.5. The van der Waals surface area contributed by atoms with E-state index in [1.807, 2.05) is 0 Å². The summed E-state index contributed by atoms with van der Waals surface area (Å²) < 4.78 is 10.8. The molecule has 4 nitrogen and oxygen atoms in total. The van der Waals surface area contributed by atoms with E-state index in [0.29, 0.717) is 26.3 Å². The molecule has 2 unspecified atom stereocenters. The molecule has 0 radical (unpaired) electrons. The van der Waals surface area contributed by atoms with Gasteiger partial charge in [-0.25, -0.2) is 0 Å². The monoisotopic (exact) mass is 215 g/mol. The molecule has 0 aliphatic carbocycles. The smallest absolute Gasteiger partial charge is 0.0897 e. The van der Waals surface area contributed by atoms with Gasteiger partial charge in [-0.2, -0.15) is 0 Å². The van der Waals surface area contributed by atoms with Crippen LogP contribution in [0, 0.1) is 0 Å². The summed E-state index contributed by atoms with van der Waals surface area (Å²) in [5.74, 6) is 0. The Balaban J connectivity index is 1.91. The summed E-state index contributed by atoms with van der Waals surface area (Å²) in [6.45, 7) is 6.64. The topological polar surface area (TPSA) is 50.7 Å². The van der Waals surface area contributed by atoms with Crippen molar-refractivity contribution in [2.75, 3.05) is 32.9 Å². The Labute approximate surface area is 91.3 Å². The first-order valence-corrected chi connectivity index (χ1v) is 5.52. The molecule has 0 aromatic rings. The van der Waals surface area contributed by atoms with Crippen molar-refractivity contribution in [2.24, 2.45) is 0 Å². The number of hydrogen-bond donors (Lipinski definition) is 2. The Morgan fingerprint density at radius 1 is 1.67 bits per heavy atom. The number of aliphatic hydroxyl groups excluding tert-OH is 1. The molecule has 1 aliphatic rings. The van der Waals surface area contributed by atoms with E-state index in [0.717, 1.165) is 19.4 Å². The van der Waals surface area contributed by atoms with E-state index in [2.05, 4.69) is 11.9 Å². The van der Waals surface area contributed by atoms with Crippen molar-refractivity contribution in [1.29, 1.82) is 0 Å². The van der Waals surface area contributed by atoms with Gasteiger partial charge in [-0.1, -0.05) is 6.08 Å². The number of rotatable bonds is 8. The Kier molecular flexibility index (Phi) is 6.59. The average molecular weight is 215 g/mol. The second-order valence-electron chi connectivity index (χ2n) is 3.77. The van der Waals surface area contributed by atoms with Crippen LogP contribution in [0.5, 0.6) is 0 Å². The van der Waals surface area contributed by atoms with Crippen molar-refractivity contribution >= 4 is 0 Å². The maximum atomic E-state index is 9.49. The van der Waals surface area contributed by atoms with Crippen LogP contribution in [0.25, 0.3) is 0 Å². The maximum Gasteiger partial charge on any atom is 0.0897 e. The fraction of sp³-hybridized carbons (Fsp3) is 0.818. The van der Waals surface area contributed by atoms with Crippen LogP contribution in [-0.4, -0.2) is 50.2 Å². The highest BCUT2D eigenvalue weighted by atomic mass is 16.5. The summed E-state index contributed by atoms with van der Waals surface area (Å²) in [5.41, 5.74) is 0. The molecule has 15 heavy (non-hydrogen) atoms. The molecule has 0 saturated carbocycles. The van der Waals surface area contributed by atoms with Crippen LogP contribution in [0.3, 0.4) is 0 Å². The van der Waals surface area contributed by atoms with Crippen molar-refractivity contribution < 1.29 is 14.6 Å². The van der Waals surface area contributed by atoms with Crippen LogP contribution in [0.15, 0.2) is 12.7 Å². The second kappa shape index (κ2) is 7.82. The molecule has 0 aromatic carbocycles. The lowest BCUT2D eigenvalue weighted by Gasteiger charge is -2.14. The molecule has 2 atom stereocenters. The maximum absolute atomic E-state index is 9.49. The van der Waals surface area contributed by atoms with Crippen molar-refractivity contribution in [3.63, 3.8) is 0 Å². The predicted molar refractivity (Wildman–Crippen MR) is 58.9 cm³/mol. The van der Waals surface area contributed by atoms with Crippen molar-refractivity contribution in [3.05, 3.63) is 12.7 Å². The molecule has 0 spiro atoms. The summed E-state index contributed by atoms with van der Waals surface area (Å²) >= 11 is 0. The van der Waals surface area contributed by atoms with Gasteiger partial charge in [0.15, 0.2) is 0 Å². The van der Waals surface area contributed by atoms with E-state index in [9.17, 15) is 5.11 Å². The minimum absolute atomic E-state index is 0.235. The second-order valence-corrected chi connectivity index (χ2v) is 3.77. The minimum atomic E-state index is -0.452. The van der Waals surface area contributed by atoms with Gasteiger partial charge in [-0.3, -0.25) is 0 Å². The van der Waals surface area contributed by atoms with Crippen molar-refractivity contribution in [2.45, 2.75) is 25.0 Å². The standard InChI is InChI=1S/C11H21NO3/c1-2-5-12-7-10(13)8-14-9-11-4-3-6-15-11/h2,10-13H,1,3-9H2. The first kappa shape index (κ1) is 12.6. The molecule has 1 saturated heterocycles. The Hall–Kier alpha value is -0.420. The average Bonchev–Trinajstić information content (AvgIpc) is 2.71. The van der Waals surface area contributed by atoms with E-state index in [1.165, 1.54) is 0 Å². The van der Waals surface area contributed by atoms with E-state index in [-0.39, 0.29) is 6.10 Å². The van der Waals surface area contributed by atoms with Gasteiger partial charge in [-0.05, 0) is 12.8 Å². The normalized spacial score (nSPS) is 22.9. The predicted octanol–water partition coefficient (Wildman–Crippen LogP) is 0.318. The third-order valence-corrected chi connectivity index (χ3v) is 2.31. The molecule has 1 heterocycles. The van der Waals surface area contributed by atoms with Crippen LogP contribution in [0.2, 0.25) is 0 Å². The van der Waals surface area contributed by atoms with Crippen molar-refractivity contribution in [3.8, 4) is 0 Å². The van der Waals surface area contributed by atoms with Gasteiger partial charge < -0.3 is 19.9 Å². The molecule has 2 N–H and O–H groups in total. The summed E-state index contributed by atoms with van der Waals surface area (Å²) in [7, 11) is 0. The Morgan fingerprint density at radius 2 is 2.53 bits per heavy atom. The molecule has 88 valence electrons. The summed E-state index contributed by atoms with van der Waals surface area (Å²) in [6.07, 6.45) is 3.74. The Bertz CT molecular complexity index is 169. The van der Waals surface area contributed by atoms with Gasteiger partial charge in [0, 0.05) is 19.7 Å². The van der Waals surface area contributed by atoms with E-state index in [1.54, 1.807) is 6.08 Å². The number of hydrogen-bond acceptors (Lipinski definition) is 4. The van der Waals surface area contributed by atoms with Gasteiger partial charge in [0.05, 0.1) is 25.4 Å². The van der Waals surface area contributed by atoms with Crippen LogP contribution in [0.1, 0.15) is 12.8 Å². The van der Waals surface area contributed by atoms with Crippen LogP contribution >= 0.6 is 0 Å². The number of nitrogens with one attached hydrogen (secondary N) is 1. The zero-order valence-corrected chi connectivity index (χ0v) is 9.15. The lowest BCUT2D eigenvalue weighted by atomic mass is 10.2. The lowest BCUT2D eigenvalue weighted by molar-refractivity contribution is -0.0162. The van der Waals surface area contributed by atoms with E-state index < -0.39 is 6.10 Å². The summed E-state index contributed by atoms with van der Waals surface area (Å²) in [6, 6.07) is 0. The molecule has 4 heteroatoms. The van der Waals surface area contributed by atoms with Gasteiger partial charge in [0.2, 0.25) is 0 Å². The highest BCUT2D eigenvalue weighted by Gasteiger charge is 2.15. The minimum Gasteiger partial charge on any atom is -0.389 e. The molecule has 1 aliphatic heterocycles. The van der Waals surface area contributed by atoms with Gasteiger partial charge >= 0.3 is 0 Å². The van der Waals surface area contributed by atoms with Crippen molar-refractivity contribution in [1.82, 2.24) is 5.32 Å². The first-order valence-electron chi connectivity index (χ1n) is 5.52. The molecule has 0 bridgehead atoms. The molecule has 0 aromatic heterocycles. The zero-order chi connectivity index (χ0) is 10.9. The highest BCUT2D eigenvalue weighted by molar-refractivity contribution is 4.71. The van der Waals surface area contributed by atoms with Crippen LogP contribution < -0.4 is 5.32 Å². The summed E-state index contributed by atoms with van der Waals surface area (Å²) in [4.78, 5) is 0. The third-order valence-electron chi connectivity index (χ3n) is 2.31.